The number of fused-ring (bicyclic) bond motifs is 3. The highest BCUT2D eigenvalue weighted by molar-refractivity contribution is 5.78. The zero-order chi connectivity index (χ0) is 27.6. The van der Waals surface area contributed by atoms with Gasteiger partial charge >= 0.3 is 0 Å². The standard InChI is InChI=1S/C31H46N2O6/c1-30-15-14-26-31(2,19-38-28(39-26)18-33-29(36)21-6-4-5-7-21)25(30)13-12-24(34)23(30)16-27(35)32-17-20-8-10-22(37-3)11-9-20/h8-11,21,23-26,28,34H,4-7,12-19H2,1-3H3,(H,32,35)(H,33,36)/t23-,24-,25+,26-,28-,30+,31+/m1/s1. The Balaban J connectivity index is 1.18. The molecule has 0 spiro atoms. The monoisotopic (exact) mass is 542 g/mol. The lowest BCUT2D eigenvalue weighted by Gasteiger charge is -2.63. The molecule has 4 fully saturated rings. The largest absolute Gasteiger partial charge is 0.497 e. The van der Waals surface area contributed by atoms with E-state index in [0.29, 0.717) is 32.5 Å². The molecule has 0 bridgehead atoms. The molecule has 39 heavy (non-hydrogen) atoms. The summed E-state index contributed by atoms with van der Waals surface area (Å²) in [6, 6.07) is 7.67. The molecule has 1 heterocycles. The average Bonchev–Trinajstić information content (AvgIpc) is 3.48. The highest BCUT2D eigenvalue weighted by Crippen LogP contribution is 2.62. The van der Waals surface area contributed by atoms with E-state index in [9.17, 15) is 14.7 Å². The Morgan fingerprint density at radius 1 is 1.03 bits per heavy atom. The first-order chi connectivity index (χ1) is 18.7. The van der Waals surface area contributed by atoms with E-state index in [4.69, 9.17) is 14.2 Å². The summed E-state index contributed by atoms with van der Waals surface area (Å²) in [6.07, 6.45) is 6.98. The second-order valence-electron chi connectivity index (χ2n) is 12.8. The van der Waals surface area contributed by atoms with E-state index < -0.39 is 12.4 Å². The first-order valence-corrected chi connectivity index (χ1v) is 14.9. The van der Waals surface area contributed by atoms with Gasteiger partial charge in [0.05, 0.1) is 32.5 Å². The van der Waals surface area contributed by atoms with Crippen LogP contribution in [0.5, 0.6) is 5.75 Å². The van der Waals surface area contributed by atoms with Gasteiger partial charge in [-0.3, -0.25) is 9.59 Å². The predicted molar refractivity (Wildman–Crippen MR) is 147 cm³/mol. The van der Waals surface area contributed by atoms with Crippen LogP contribution in [0.3, 0.4) is 0 Å². The molecule has 3 N–H and O–H groups in total. The van der Waals surface area contributed by atoms with E-state index in [1.807, 2.05) is 24.3 Å². The summed E-state index contributed by atoms with van der Waals surface area (Å²) in [5.41, 5.74) is 0.629. The van der Waals surface area contributed by atoms with Crippen molar-refractivity contribution in [2.45, 2.75) is 96.7 Å². The molecule has 8 nitrogen and oxygen atoms in total. The molecule has 3 aliphatic carbocycles. The van der Waals surface area contributed by atoms with E-state index in [1.54, 1.807) is 7.11 Å². The molecular formula is C31H46N2O6. The van der Waals surface area contributed by atoms with Crippen LogP contribution in [0.25, 0.3) is 0 Å². The van der Waals surface area contributed by atoms with Gasteiger partial charge in [-0.1, -0.05) is 38.8 Å². The lowest BCUT2D eigenvalue weighted by Crippen LogP contribution is -2.63. The quantitative estimate of drug-likeness (QED) is 0.460. The third-order valence-electron chi connectivity index (χ3n) is 10.5. The summed E-state index contributed by atoms with van der Waals surface area (Å²) in [4.78, 5) is 25.6. The Morgan fingerprint density at radius 2 is 1.77 bits per heavy atom. The molecule has 1 aromatic carbocycles. The molecule has 5 rings (SSSR count). The number of aliphatic hydroxyl groups is 1. The Kier molecular flexibility index (Phi) is 8.55. The number of hydrogen-bond acceptors (Lipinski definition) is 6. The number of amides is 2. The highest BCUT2D eigenvalue weighted by atomic mass is 16.7. The molecule has 0 radical (unpaired) electrons. The Labute approximate surface area is 232 Å². The summed E-state index contributed by atoms with van der Waals surface area (Å²) in [5, 5.41) is 17.2. The van der Waals surface area contributed by atoms with Gasteiger partial charge < -0.3 is 30.0 Å². The average molecular weight is 543 g/mol. The van der Waals surface area contributed by atoms with Crippen LogP contribution in [-0.4, -0.2) is 55.7 Å². The fraction of sp³-hybridized carbons (Fsp3) is 0.742. The highest BCUT2D eigenvalue weighted by Gasteiger charge is 2.61. The van der Waals surface area contributed by atoms with Crippen LogP contribution in [0.4, 0.5) is 0 Å². The van der Waals surface area contributed by atoms with Gasteiger partial charge in [0.1, 0.15) is 5.75 Å². The van der Waals surface area contributed by atoms with Crippen LogP contribution in [0.2, 0.25) is 0 Å². The van der Waals surface area contributed by atoms with E-state index >= 15 is 0 Å². The van der Waals surface area contributed by atoms with Gasteiger partial charge in [-0.05, 0) is 73.5 Å². The Bertz CT molecular complexity index is 1010. The van der Waals surface area contributed by atoms with Crippen molar-refractivity contribution < 1.29 is 28.9 Å². The van der Waals surface area contributed by atoms with Crippen molar-refractivity contribution in [3.8, 4) is 5.75 Å². The zero-order valence-corrected chi connectivity index (χ0v) is 23.7. The van der Waals surface area contributed by atoms with Crippen LogP contribution in [0, 0.1) is 28.6 Å². The lowest BCUT2D eigenvalue weighted by atomic mass is 9.46. The van der Waals surface area contributed by atoms with E-state index in [2.05, 4.69) is 24.5 Å². The van der Waals surface area contributed by atoms with Crippen molar-refractivity contribution in [1.29, 1.82) is 0 Å². The third-order valence-corrected chi connectivity index (χ3v) is 10.5. The van der Waals surface area contributed by atoms with Crippen molar-refractivity contribution in [3.63, 3.8) is 0 Å². The molecule has 216 valence electrons. The molecule has 1 saturated heterocycles. The second kappa shape index (κ2) is 11.8. The number of nitrogens with one attached hydrogen (secondary N) is 2. The van der Waals surface area contributed by atoms with Crippen molar-refractivity contribution in [1.82, 2.24) is 10.6 Å². The predicted octanol–water partition coefficient (Wildman–Crippen LogP) is 3.94. The van der Waals surface area contributed by atoms with Crippen LogP contribution >= 0.6 is 0 Å². The number of rotatable bonds is 8. The first-order valence-electron chi connectivity index (χ1n) is 14.9. The van der Waals surface area contributed by atoms with E-state index in [1.165, 1.54) is 0 Å². The Morgan fingerprint density at radius 3 is 2.49 bits per heavy atom. The van der Waals surface area contributed by atoms with E-state index in [-0.39, 0.29) is 46.5 Å². The van der Waals surface area contributed by atoms with E-state index in [0.717, 1.165) is 56.3 Å². The van der Waals surface area contributed by atoms with Gasteiger partial charge in [0.25, 0.3) is 0 Å². The fourth-order valence-corrected chi connectivity index (χ4v) is 8.13. The number of carbonyl (C=O) groups excluding carboxylic acids is 2. The zero-order valence-electron chi connectivity index (χ0n) is 23.7. The summed E-state index contributed by atoms with van der Waals surface area (Å²) < 4.78 is 17.9. The maximum atomic E-state index is 13.1. The van der Waals surface area contributed by atoms with Crippen LogP contribution < -0.4 is 15.4 Å². The second-order valence-corrected chi connectivity index (χ2v) is 12.8. The minimum atomic E-state index is -0.498. The van der Waals surface area contributed by atoms with Crippen LogP contribution in [-0.2, 0) is 25.6 Å². The summed E-state index contributed by atoms with van der Waals surface area (Å²) >= 11 is 0. The Hall–Kier alpha value is -2.16. The van der Waals surface area contributed by atoms with Crippen LogP contribution in [0.1, 0.15) is 77.2 Å². The maximum Gasteiger partial charge on any atom is 0.223 e. The van der Waals surface area contributed by atoms with Gasteiger partial charge in [0.15, 0.2) is 6.29 Å². The number of aliphatic hydroxyl groups excluding tert-OH is 1. The maximum absolute atomic E-state index is 13.1. The molecule has 3 saturated carbocycles. The normalized spacial score (nSPS) is 36.5. The minimum absolute atomic E-state index is 0.0294. The fourth-order valence-electron chi connectivity index (χ4n) is 8.13. The van der Waals surface area contributed by atoms with Crippen LogP contribution in [0.15, 0.2) is 24.3 Å². The lowest BCUT2D eigenvalue weighted by molar-refractivity contribution is -0.306. The summed E-state index contributed by atoms with van der Waals surface area (Å²) in [7, 11) is 1.63. The number of methoxy groups -OCH3 is 1. The molecule has 0 aromatic heterocycles. The van der Waals surface area contributed by atoms with Gasteiger partial charge in [-0.25, -0.2) is 0 Å². The van der Waals surface area contributed by atoms with Crippen molar-refractivity contribution >= 4 is 11.8 Å². The topological polar surface area (TPSA) is 106 Å². The van der Waals surface area contributed by atoms with Crippen molar-refractivity contribution in [2.24, 2.45) is 28.6 Å². The number of carbonyl (C=O) groups is 2. The summed E-state index contributed by atoms with van der Waals surface area (Å²) in [6.45, 7) is 5.92. The minimum Gasteiger partial charge on any atom is -0.497 e. The molecule has 8 heteroatoms. The van der Waals surface area contributed by atoms with Gasteiger partial charge in [-0.15, -0.1) is 0 Å². The smallest absolute Gasteiger partial charge is 0.223 e. The molecule has 7 atom stereocenters. The number of hydrogen-bond donors (Lipinski definition) is 3. The number of ether oxygens (including phenoxy) is 3. The molecule has 0 unspecified atom stereocenters. The van der Waals surface area contributed by atoms with Gasteiger partial charge in [-0.2, -0.15) is 0 Å². The molecule has 1 aromatic rings. The van der Waals surface area contributed by atoms with Gasteiger partial charge in [0, 0.05) is 24.3 Å². The van der Waals surface area contributed by atoms with Crippen molar-refractivity contribution in [3.05, 3.63) is 29.8 Å². The number of benzene rings is 1. The summed E-state index contributed by atoms with van der Waals surface area (Å²) in [5.74, 6) is 1.17. The van der Waals surface area contributed by atoms with Gasteiger partial charge in [0.2, 0.25) is 11.8 Å². The molecule has 2 amide bonds. The third kappa shape index (κ3) is 5.84. The SMILES string of the molecule is COc1ccc(CNC(=O)C[C@@H]2[C@H](O)CC[C@@H]3[C@]4(C)CO[C@@H](CNC(=O)C5CCCC5)O[C@@H]4CC[C@]32C)cc1. The first kappa shape index (κ1) is 28.4. The molecular weight excluding hydrogens is 496 g/mol. The molecule has 1 aliphatic heterocycles. The van der Waals surface area contributed by atoms with Crippen molar-refractivity contribution in [2.75, 3.05) is 20.3 Å². The molecule has 4 aliphatic rings.